The van der Waals surface area contributed by atoms with E-state index in [1.807, 2.05) is 19.1 Å². The molecule has 0 atom stereocenters. The second-order valence-electron chi connectivity index (χ2n) is 5.45. The van der Waals surface area contributed by atoms with Gasteiger partial charge in [0.05, 0.1) is 6.61 Å². The van der Waals surface area contributed by atoms with Gasteiger partial charge in [0, 0.05) is 25.3 Å². The highest BCUT2D eigenvalue weighted by Crippen LogP contribution is 2.33. The molecule has 2 aromatic carbocycles. The first-order chi connectivity index (χ1) is 11.4. The van der Waals surface area contributed by atoms with Gasteiger partial charge in [-0.2, -0.15) is 0 Å². The van der Waals surface area contributed by atoms with Crippen molar-refractivity contribution in [3.8, 4) is 11.5 Å². The molecule has 0 saturated heterocycles. The first kappa shape index (κ1) is 15.8. The lowest BCUT2D eigenvalue weighted by Gasteiger charge is -2.21. The number of hydrogen-bond acceptors (Lipinski definition) is 4. The molecular weight excluding hydrogens is 290 g/mol. The minimum atomic E-state index is 0.612. The van der Waals surface area contributed by atoms with Crippen LogP contribution < -0.4 is 14.8 Å². The van der Waals surface area contributed by atoms with Crippen LogP contribution in [0.15, 0.2) is 42.5 Å². The number of nitrogens with one attached hydrogen (secondary N) is 1. The Balaban J connectivity index is 1.62. The van der Waals surface area contributed by atoms with Gasteiger partial charge in [0.15, 0.2) is 11.5 Å². The van der Waals surface area contributed by atoms with Crippen molar-refractivity contribution in [1.29, 1.82) is 0 Å². The third-order valence-electron chi connectivity index (χ3n) is 3.86. The Bertz CT molecular complexity index is 642. The summed E-state index contributed by atoms with van der Waals surface area (Å²) in [6.45, 7) is 6.18. The zero-order valence-corrected chi connectivity index (χ0v) is 13.5. The van der Waals surface area contributed by atoms with Crippen molar-refractivity contribution in [1.82, 2.24) is 5.32 Å². The third-order valence-corrected chi connectivity index (χ3v) is 3.86. The highest BCUT2D eigenvalue weighted by molar-refractivity contribution is 5.47. The lowest BCUT2D eigenvalue weighted by Crippen LogP contribution is -2.19. The standard InChI is InChI=1S/C19H23NO3/c1-2-21-14-17-7-4-3-6-15(17)12-20-13-16-8-5-9-18-19(16)23-11-10-22-18/h3-9,20H,2,10-14H2,1H3. The van der Waals surface area contributed by atoms with E-state index < -0.39 is 0 Å². The molecule has 1 N–H and O–H groups in total. The monoisotopic (exact) mass is 313 g/mol. The second kappa shape index (κ2) is 7.99. The summed E-state index contributed by atoms with van der Waals surface area (Å²) in [5, 5.41) is 3.49. The van der Waals surface area contributed by atoms with Gasteiger partial charge in [0.1, 0.15) is 13.2 Å². The first-order valence-corrected chi connectivity index (χ1v) is 8.11. The number of para-hydroxylation sites is 1. The van der Waals surface area contributed by atoms with E-state index >= 15 is 0 Å². The van der Waals surface area contributed by atoms with Crippen LogP contribution in [0, 0.1) is 0 Å². The Morgan fingerprint density at radius 2 is 1.65 bits per heavy atom. The van der Waals surface area contributed by atoms with Gasteiger partial charge in [0.25, 0.3) is 0 Å². The van der Waals surface area contributed by atoms with Gasteiger partial charge < -0.3 is 19.5 Å². The summed E-state index contributed by atoms with van der Waals surface area (Å²) in [4.78, 5) is 0. The summed E-state index contributed by atoms with van der Waals surface area (Å²) < 4.78 is 16.9. The predicted molar refractivity (Wildman–Crippen MR) is 89.7 cm³/mol. The largest absolute Gasteiger partial charge is 0.486 e. The quantitative estimate of drug-likeness (QED) is 0.851. The molecule has 0 radical (unpaired) electrons. The minimum absolute atomic E-state index is 0.612. The molecule has 3 rings (SSSR count). The molecule has 0 bridgehead atoms. The molecule has 0 amide bonds. The lowest BCUT2D eigenvalue weighted by molar-refractivity contribution is 0.133. The van der Waals surface area contributed by atoms with E-state index in [1.165, 1.54) is 11.1 Å². The maximum atomic E-state index is 5.75. The van der Waals surface area contributed by atoms with Crippen LogP contribution in [0.3, 0.4) is 0 Å². The molecule has 1 aliphatic heterocycles. The van der Waals surface area contributed by atoms with Gasteiger partial charge in [-0.3, -0.25) is 0 Å². The Kier molecular flexibility index (Phi) is 5.51. The lowest BCUT2D eigenvalue weighted by atomic mass is 10.1. The Morgan fingerprint density at radius 3 is 2.52 bits per heavy atom. The summed E-state index contributed by atoms with van der Waals surface area (Å²) >= 11 is 0. The molecule has 23 heavy (non-hydrogen) atoms. The van der Waals surface area contributed by atoms with Crippen LogP contribution in [0.5, 0.6) is 11.5 Å². The van der Waals surface area contributed by atoms with Crippen LogP contribution in [0.1, 0.15) is 23.6 Å². The van der Waals surface area contributed by atoms with Crippen LogP contribution in [-0.4, -0.2) is 19.8 Å². The van der Waals surface area contributed by atoms with Crippen molar-refractivity contribution in [2.75, 3.05) is 19.8 Å². The number of benzene rings is 2. The number of ether oxygens (including phenoxy) is 3. The van der Waals surface area contributed by atoms with Crippen molar-refractivity contribution in [2.24, 2.45) is 0 Å². The van der Waals surface area contributed by atoms with E-state index in [4.69, 9.17) is 14.2 Å². The van der Waals surface area contributed by atoms with Crippen LogP contribution in [0.25, 0.3) is 0 Å². The zero-order valence-electron chi connectivity index (χ0n) is 13.5. The van der Waals surface area contributed by atoms with Crippen molar-refractivity contribution in [3.63, 3.8) is 0 Å². The molecule has 1 aliphatic rings. The highest BCUT2D eigenvalue weighted by atomic mass is 16.6. The molecule has 0 aromatic heterocycles. The Labute approximate surface area is 137 Å². The molecule has 4 nitrogen and oxygen atoms in total. The van der Waals surface area contributed by atoms with Gasteiger partial charge in [-0.05, 0) is 24.1 Å². The van der Waals surface area contributed by atoms with E-state index in [0.29, 0.717) is 19.8 Å². The van der Waals surface area contributed by atoms with Crippen LogP contribution >= 0.6 is 0 Å². The number of hydrogen-bond donors (Lipinski definition) is 1. The minimum Gasteiger partial charge on any atom is -0.486 e. The summed E-state index contributed by atoms with van der Waals surface area (Å²) in [6.07, 6.45) is 0. The number of fused-ring (bicyclic) bond motifs is 1. The fourth-order valence-corrected chi connectivity index (χ4v) is 2.69. The zero-order chi connectivity index (χ0) is 15.9. The van der Waals surface area contributed by atoms with Crippen LogP contribution in [-0.2, 0) is 24.4 Å². The van der Waals surface area contributed by atoms with E-state index in [9.17, 15) is 0 Å². The van der Waals surface area contributed by atoms with Crippen molar-refractivity contribution in [3.05, 3.63) is 59.2 Å². The molecule has 0 spiro atoms. The smallest absolute Gasteiger partial charge is 0.165 e. The van der Waals surface area contributed by atoms with Gasteiger partial charge >= 0.3 is 0 Å². The van der Waals surface area contributed by atoms with E-state index in [-0.39, 0.29) is 0 Å². The van der Waals surface area contributed by atoms with Crippen LogP contribution in [0.2, 0.25) is 0 Å². The summed E-state index contributed by atoms with van der Waals surface area (Å²) in [5.74, 6) is 1.71. The summed E-state index contributed by atoms with van der Waals surface area (Å²) in [5.41, 5.74) is 3.63. The van der Waals surface area contributed by atoms with Crippen LogP contribution in [0.4, 0.5) is 0 Å². The topological polar surface area (TPSA) is 39.7 Å². The van der Waals surface area contributed by atoms with Gasteiger partial charge in [-0.15, -0.1) is 0 Å². The van der Waals surface area contributed by atoms with Gasteiger partial charge in [-0.1, -0.05) is 36.4 Å². The average molecular weight is 313 g/mol. The fraction of sp³-hybridized carbons (Fsp3) is 0.368. The predicted octanol–water partition coefficient (Wildman–Crippen LogP) is 3.28. The highest BCUT2D eigenvalue weighted by Gasteiger charge is 2.15. The summed E-state index contributed by atoms with van der Waals surface area (Å²) in [6, 6.07) is 14.4. The molecule has 0 unspecified atom stereocenters. The van der Waals surface area contributed by atoms with E-state index in [0.717, 1.165) is 36.8 Å². The molecule has 1 heterocycles. The van der Waals surface area contributed by atoms with Crippen molar-refractivity contribution >= 4 is 0 Å². The normalized spacial score (nSPS) is 13.1. The SMILES string of the molecule is CCOCc1ccccc1CNCc1cccc2c1OCCO2. The molecule has 0 saturated carbocycles. The first-order valence-electron chi connectivity index (χ1n) is 8.11. The Morgan fingerprint density at radius 1 is 0.913 bits per heavy atom. The molecule has 4 heteroatoms. The molecule has 0 fully saturated rings. The van der Waals surface area contributed by atoms with E-state index in [1.54, 1.807) is 0 Å². The molecular formula is C19H23NO3. The molecule has 122 valence electrons. The summed E-state index contributed by atoms with van der Waals surface area (Å²) in [7, 11) is 0. The van der Waals surface area contributed by atoms with E-state index in [2.05, 4.69) is 35.6 Å². The molecule has 0 aliphatic carbocycles. The van der Waals surface area contributed by atoms with Crippen molar-refractivity contribution in [2.45, 2.75) is 26.6 Å². The number of rotatable bonds is 7. The van der Waals surface area contributed by atoms with Gasteiger partial charge in [-0.25, -0.2) is 0 Å². The molecule has 2 aromatic rings. The van der Waals surface area contributed by atoms with Gasteiger partial charge in [0.2, 0.25) is 0 Å². The fourth-order valence-electron chi connectivity index (χ4n) is 2.69. The maximum Gasteiger partial charge on any atom is 0.165 e. The third kappa shape index (κ3) is 4.03. The maximum absolute atomic E-state index is 5.75. The second-order valence-corrected chi connectivity index (χ2v) is 5.45. The average Bonchev–Trinajstić information content (AvgIpc) is 2.61. The Hall–Kier alpha value is -2.04. The van der Waals surface area contributed by atoms with Crippen molar-refractivity contribution < 1.29 is 14.2 Å².